The maximum Gasteiger partial charge on any atom is 0.141 e. The molecule has 3 heterocycles. The van der Waals surface area contributed by atoms with Gasteiger partial charge in [-0.05, 0) is 50.2 Å². The molecule has 0 spiro atoms. The van der Waals surface area contributed by atoms with Crippen molar-refractivity contribution in [3.05, 3.63) is 45.4 Å². The molecule has 1 aliphatic rings. The Morgan fingerprint density at radius 2 is 2.12 bits per heavy atom. The number of aromatic hydroxyl groups is 1. The maximum absolute atomic E-state index is 10.5. The molecule has 0 bridgehead atoms. The molecule has 1 atom stereocenters. The molecule has 3 N–H and O–H groups in total. The first-order valence-electron chi connectivity index (χ1n) is 8.31. The molecule has 0 radical (unpaired) electrons. The lowest BCUT2D eigenvalue weighted by atomic mass is 9.90. The van der Waals surface area contributed by atoms with Crippen molar-refractivity contribution in [2.45, 2.75) is 39.0 Å². The zero-order valence-corrected chi connectivity index (χ0v) is 14.7. The number of nitrogens with zero attached hydrogens (tertiary/aromatic N) is 2. The molecule has 0 unspecified atom stereocenters. The number of hydrogen-bond acceptors (Lipinski definition) is 6. The highest BCUT2D eigenvalue weighted by atomic mass is 32.1. The molecule has 1 saturated heterocycles. The summed E-state index contributed by atoms with van der Waals surface area (Å²) in [4.78, 5) is 7.42. The topological polar surface area (TPSA) is 76.8 Å². The van der Waals surface area contributed by atoms with Crippen molar-refractivity contribution in [1.29, 1.82) is 0 Å². The van der Waals surface area contributed by atoms with E-state index in [0.29, 0.717) is 17.8 Å². The van der Waals surface area contributed by atoms with Crippen molar-refractivity contribution < 1.29 is 15.3 Å². The van der Waals surface area contributed by atoms with Crippen LogP contribution in [0.15, 0.2) is 23.7 Å². The van der Waals surface area contributed by atoms with Gasteiger partial charge in [0.05, 0.1) is 18.4 Å². The molecular weight excluding hydrogens is 324 g/mol. The summed E-state index contributed by atoms with van der Waals surface area (Å²) in [6, 6.07) is 3.97. The molecule has 5 nitrogen and oxygen atoms in total. The third-order valence-electron chi connectivity index (χ3n) is 4.90. The third-order valence-corrected chi connectivity index (χ3v) is 5.84. The average molecular weight is 348 g/mol. The van der Waals surface area contributed by atoms with Gasteiger partial charge < -0.3 is 15.3 Å². The van der Waals surface area contributed by atoms with E-state index < -0.39 is 0 Å². The maximum atomic E-state index is 10.5. The normalized spacial score (nSPS) is 18.0. The second kappa shape index (κ2) is 7.61. The van der Waals surface area contributed by atoms with Gasteiger partial charge in [0, 0.05) is 28.7 Å². The summed E-state index contributed by atoms with van der Waals surface area (Å²) >= 11 is 1.61. The van der Waals surface area contributed by atoms with Gasteiger partial charge in [0.2, 0.25) is 0 Å². The van der Waals surface area contributed by atoms with Crippen LogP contribution in [0.3, 0.4) is 0 Å². The molecule has 0 aliphatic carbocycles. The molecule has 0 saturated carbocycles. The van der Waals surface area contributed by atoms with Gasteiger partial charge in [-0.3, -0.25) is 9.88 Å². The van der Waals surface area contributed by atoms with Crippen molar-refractivity contribution in [2.75, 3.05) is 13.1 Å². The van der Waals surface area contributed by atoms with Crippen molar-refractivity contribution in [1.82, 2.24) is 9.88 Å². The summed E-state index contributed by atoms with van der Waals surface area (Å²) < 4.78 is 0. The van der Waals surface area contributed by atoms with Crippen LogP contribution in [0.25, 0.3) is 0 Å². The second-order valence-corrected chi connectivity index (χ2v) is 7.41. The molecule has 130 valence electrons. The van der Waals surface area contributed by atoms with Gasteiger partial charge in [0.15, 0.2) is 0 Å². The van der Waals surface area contributed by atoms with Crippen molar-refractivity contribution >= 4 is 11.3 Å². The fraction of sp³-hybridized carbons (Fsp3) is 0.500. The van der Waals surface area contributed by atoms with Gasteiger partial charge in [-0.15, -0.1) is 11.3 Å². The predicted octanol–water partition coefficient (Wildman–Crippen LogP) is 2.60. The molecule has 0 aromatic carbocycles. The Hall–Kier alpha value is -1.47. The van der Waals surface area contributed by atoms with Gasteiger partial charge in [0.1, 0.15) is 5.75 Å². The van der Waals surface area contributed by atoms with Gasteiger partial charge in [0.25, 0.3) is 0 Å². The van der Waals surface area contributed by atoms with Gasteiger partial charge >= 0.3 is 0 Å². The minimum atomic E-state index is -0.378. The highest BCUT2D eigenvalue weighted by Gasteiger charge is 2.27. The number of thiophene rings is 1. The summed E-state index contributed by atoms with van der Waals surface area (Å²) in [6.07, 6.45) is 3.12. The minimum Gasteiger partial charge on any atom is -0.506 e. The Balaban J connectivity index is 1.63. The minimum absolute atomic E-state index is 0.121. The summed E-state index contributed by atoms with van der Waals surface area (Å²) in [5, 5.41) is 32.2. The van der Waals surface area contributed by atoms with E-state index in [1.807, 2.05) is 17.5 Å². The van der Waals surface area contributed by atoms with Crippen LogP contribution in [0.4, 0.5) is 0 Å². The van der Waals surface area contributed by atoms with Crippen molar-refractivity contribution in [3.63, 3.8) is 0 Å². The Bertz CT molecular complexity index is 667. The quantitative estimate of drug-likeness (QED) is 0.774. The van der Waals surface area contributed by atoms with E-state index in [1.165, 1.54) is 0 Å². The average Bonchev–Trinajstić information content (AvgIpc) is 3.14. The SMILES string of the molecule is Cc1ncc(CO)c(CN2CCC([C@@H](O)c3cccs3)CC2)c1O. The Labute approximate surface area is 146 Å². The van der Waals surface area contributed by atoms with Crippen LogP contribution >= 0.6 is 11.3 Å². The summed E-state index contributed by atoms with van der Waals surface area (Å²) in [5.41, 5.74) is 2.03. The number of piperidine rings is 1. The Kier molecular flexibility index (Phi) is 5.50. The summed E-state index contributed by atoms with van der Waals surface area (Å²) in [6.45, 7) is 4.00. The smallest absolute Gasteiger partial charge is 0.141 e. The van der Waals surface area contributed by atoms with Gasteiger partial charge in [-0.25, -0.2) is 0 Å². The molecule has 0 amide bonds. The third kappa shape index (κ3) is 3.62. The lowest BCUT2D eigenvalue weighted by Gasteiger charge is -2.34. The number of aryl methyl sites for hydroxylation is 1. The molecule has 6 heteroatoms. The standard InChI is InChI=1S/C18H24N2O3S/c1-12-17(22)15(14(11-21)9-19-12)10-20-6-4-13(5-7-20)18(23)16-3-2-8-24-16/h2-3,8-9,13,18,21-23H,4-7,10-11H2,1H3/t18-/m1/s1. The zero-order chi connectivity index (χ0) is 17.1. The Morgan fingerprint density at radius 3 is 2.75 bits per heavy atom. The highest BCUT2D eigenvalue weighted by Crippen LogP contribution is 2.34. The fourth-order valence-electron chi connectivity index (χ4n) is 3.34. The highest BCUT2D eigenvalue weighted by molar-refractivity contribution is 7.10. The van der Waals surface area contributed by atoms with Crippen LogP contribution in [0, 0.1) is 12.8 Å². The molecular formula is C18H24N2O3S. The first-order valence-corrected chi connectivity index (χ1v) is 9.19. The molecule has 1 fully saturated rings. The van der Waals surface area contributed by atoms with Crippen LogP contribution in [0.1, 0.15) is 40.6 Å². The molecule has 2 aromatic heterocycles. The number of aromatic nitrogens is 1. The predicted molar refractivity (Wildman–Crippen MR) is 93.8 cm³/mol. The van der Waals surface area contributed by atoms with Crippen LogP contribution in [-0.2, 0) is 13.2 Å². The van der Waals surface area contributed by atoms with Gasteiger partial charge in [-0.1, -0.05) is 6.07 Å². The second-order valence-electron chi connectivity index (χ2n) is 6.43. The number of hydrogen-bond donors (Lipinski definition) is 3. The first-order chi connectivity index (χ1) is 11.6. The van der Waals surface area contributed by atoms with E-state index in [-0.39, 0.29) is 24.4 Å². The number of aliphatic hydroxyl groups is 2. The van der Waals surface area contributed by atoms with E-state index >= 15 is 0 Å². The number of rotatable bonds is 5. The number of pyridine rings is 1. The molecule has 24 heavy (non-hydrogen) atoms. The van der Waals surface area contributed by atoms with Crippen molar-refractivity contribution in [2.24, 2.45) is 5.92 Å². The van der Waals surface area contributed by atoms with E-state index in [2.05, 4.69) is 9.88 Å². The van der Waals surface area contributed by atoms with Crippen LogP contribution in [0.5, 0.6) is 5.75 Å². The molecule has 2 aromatic rings. The lowest BCUT2D eigenvalue weighted by Crippen LogP contribution is -2.35. The van der Waals surface area contributed by atoms with E-state index in [4.69, 9.17) is 0 Å². The summed E-state index contributed by atoms with van der Waals surface area (Å²) in [5.74, 6) is 0.465. The largest absolute Gasteiger partial charge is 0.506 e. The summed E-state index contributed by atoms with van der Waals surface area (Å²) in [7, 11) is 0. The number of aliphatic hydroxyl groups excluding tert-OH is 2. The van der Waals surface area contributed by atoms with Crippen LogP contribution in [-0.4, -0.2) is 38.3 Å². The molecule has 3 rings (SSSR count). The number of likely N-dealkylation sites (tertiary alicyclic amines) is 1. The fourth-order valence-corrected chi connectivity index (χ4v) is 4.14. The Morgan fingerprint density at radius 1 is 1.38 bits per heavy atom. The first kappa shape index (κ1) is 17.4. The van der Waals surface area contributed by atoms with Crippen LogP contribution in [0.2, 0.25) is 0 Å². The van der Waals surface area contributed by atoms with Crippen molar-refractivity contribution in [3.8, 4) is 5.75 Å². The lowest BCUT2D eigenvalue weighted by molar-refractivity contribution is 0.0586. The van der Waals surface area contributed by atoms with E-state index in [9.17, 15) is 15.3 Å². The van der Waals surface area contributed by atoms with Crippen LogP contribution < -0.4 is 0 Å². The van der Waals surface area contributed by atoms with E-state index in [1.54, 1.807) is 24.5 Å². The van der Waals surface area contributed by atoms with Gasteiger partial charge in [-0.2, -0.15) is 0 Å². The molecule has 1 aliphatic heterocycles. The monoisotopic (exact) mass is 348 g/mol. The van der Waals surface area contributed by atoms with E-state index in [0.717, 1.165) is 36.4 Å². The zero-order valence-electron chi connectivity index (χ0n) is 13.9.